The molecule has 1 N–H and O–H groups in total. The van der Waals surface area contributed by atoms with Gasteiger partial charge in [0.1, 0.15) is 0 Å². The van der Waals surface area contributed by atoms with Crippen molar-refractivity contribution in [2.24, 2.45) is 0 Å². The first-order chi connectivity index (χ1) is 8.63. The van der Waals surface area contributed by atoms with Gasteiger partial charge in [0, 0.05) is 19.6 Å². The quantitative estimate of drug-likeness (QED) is 0.560. The van der Waals surface area contributed by atoms with E-state index in [4.69, 9.17) is 0 Å². The Hall–Kier alpha value is -1.12. The lowest BCUT2D eigenvalue weighted by Crippen LogP contribution is -2.26. The Bertz CT molecular complexity index is 371. The van der Waals surface area contributed by atoms with Crippen LogP contribution < -0.4 is 5.32 Å². The smallest absolute Gasteiger partial charge is 0.0236 e. The third kappa shape index (κ3) is 5.48. The van der Waals surface area contributed by atoms with Gasteiger partial charge in [0.15, 0.2) is 0 Å². The molecular formula is C16H26N2. The molecule has 0 saturated carbocycles. The van der Waals surface area contributed by atoms with Crippen LogP contribution in [0, 0.1) is 6.92 Å². The Morgan fingerprint density at radius 2 is 2.06 bits per heavy atom. The van der Waals surface area contributed by atoms with E-state index < -0.39 is 0 Å². The van der Waals surface area contributed by atoms with E-state index in [9.17, 15) is 0 Å². The van der Waals surface area contributed by atoms with Gasteiger partial charge >= 0.3 is 0 Å². The largest absolute Gasteiger partial charge is 0.313 e. The van der Waals surface area contributed by atoms with Crippen molar-refractivity contribution in [3.8, 4) is 0 Å². The maximum Gasteiger partial charge on any atom is 0.0236 e. The molecule has 0 aliphatic heterocycles. The lowest BCUT2D eigenvalue weighted by molar-refractivity contribution is 0.351. The van der Waals surface area contributed by atoms with Crippen molar-refractivity contribution in [3.05, 3.63) is 47.5 Å². The third-order valence-electron chi connectivity index (χ3n) is 3.00. The van der Waals surface area contributed by atoms with Crippen molar-refractivity contribution in [1.29, 1.82) is 0 Å². The minimum Gasteiger partial charge on any atom is -0.313 e. The lowest BCUT2D eigenvalue weighted by atomic mass is 10.1. The van der Waals surface area contributed by atoms with Gasteiger partial charge in [0.05, 0.1) is 0 Å². The number of benzene rings is 1. The molecule has 0 unspecified atom stereocenters. The van der Waals surface area contributed by atoms with Gasteiger partial charge in [-0.15, -0.1) is 0 Å². The van der Waals surface area contributed by atoms with Crippen LogP contribution in [0.25, 0.3) is 0 Å². The maximum absolute atomic E-state index is 4.13. The number of hydrogen-bond acceptors (Lipinski definition) is 2. The average molecular weight is 246 g/mol. The van der Waals surface area contributed by atoms with Crippen molar-refractivity contribution in [2.75, 3.05) is 26.7 Å². The van der Waals surface area contributed by atoms with Crippen LogP contribution in [0.1, 0.15) is 24.5 Å². The first kappa shape index (κ1) is 14.9. The Balaban J connectivity index is 2.35. The molecule has 1 rings (SSSR count). The summed E-state index contributed by atoms with van der Waals surface area (Å²) in [4.78, 5) is 2.32. The van der Waals surface area contributed by atoms with E-state index in [1.165, 1.54) is 23.1 Å². The zero-order chi connectivity index (χ0) is 13.4. The number of likely N-dealkylation sites (N-methyl/N-ethyl adjacent to an activating group) is 1. The summed E-state index contributed by atoms with van der Waals surface area (Å²) in [6, 6.07) is 8.56. The molecule has 2 nitrogen and oxygen atoms in total. The van der Waals surface area contributed by atoms with E-state index in [1.807, 2.05) is 0 Å². The van der Waals surface area contributed by atoms with E-state index in [2.05, 4.69) is 62.0 Å². The molecule has 2 heteroatoms. The number of aryl methyl sites for hydroxylation is 1. The summed E-state index contributed by atoms with van der Waals surface area (Å²) in [6.45, 7) is 12.4. The molecule has 1 aromatic carbocycles. The van der Waals surface area contributed by atoms with Crippen molar-refractivity contribution in [1.82, 2.24) is 10.2 Å². The summed E-state index contributed by atoms with van der Waals surface area (Å²) in [5.74, 6) is 0. The Labute approximate surface area is 112 Å². The lowest BCUT2D eigenvalue weighted by Gasteiger charge is -2.19. The molecule has 0 saturated heterocycles. The molecule has 0 heterocycles. The molecule has 0 amide bonds. The highest BCUT2D eigenvalue weighted by Crippen LogP contribution is 2.10. The summed E-state index contributed by atoms with van der Waals surface area (Å²) < 4.78 is 0. The van der Waals surface area contributed by atoms with Gasteiger partial charge in [-0.3, -0.25) is 4.90 Å². The molecule has 0 atom stereocenters. The number of nitrogens with zero attached hydrogens (tertiary/aromatic N) is 1. The molecular weight excluding hydrogens is 220 g/mol. The Morgan fingerprint density at radius 1 is 1.33 bits per heavy atom. The van der Waals surface area contributed by atoms with Gasteiger partial charge in [-0.25, -0.2) is 0 Å². The second kappa shape index (κ2) is 8.06. The first-order valence-electron chi connectivity index (χ1n) is 6.74. The summed E-state index contributed by atoms with van der Waals surface area (Å²) in [5, 5.41) is 3.39. The number of nitrogens with one attached hydrogen (secondary N) is 1. The van der Waals surface area contributed by atoms with Crippen LogP contribution in [-0.4, -0.2) is 31.6 Å². The highest BCUT2D eigenvalue weighted by atomic mass is 15.1. The zero-order valence-corrected chi connectivity index (χ0v) is 12.0. The third-order valence-corrected chi connectivity index (χ3v) is 3.00. The molecule has 0 bridgehead atoms. The minimum absolute atomic E-state index is 0.923. The van der Waals surface area contributed by atoms with Crippen LogP contribution >= 0.6 is 0 Å². The summed E-state index contributed by atoms with van der Waals surface area (Å²) in [6.07, 6.45) is 1.17. The molecule has 0 spiro atoms. The van der Waals surface area contributed by atoms with Crippen molar-refractivity contribution < 1.29 is 0 Å². The molecule has 100 valence electrons. The number of rotatable bonds is 8. The molecule has 18 heavy (non-hydrogen) atoms. The molecule has 0 aliphatic rings. The van der Waals surface area contributed by atoms with Crippen LogP contribution in [0.2, 0.25) is 0 Å². The van der Waals surface area contributed by atoms with Gasteiger partial charge in [-0.05, 0) is 43.6 Å². The Kier molecular flexibility index (Phi) is 6.69. The molecule has 0 aliphatic carbocycles. The van der Waals surface area contributed by atoms with Crippen molar-refractivity contribution in [3.63, 3.8) is 0 Å². The van der Waals surface area contributed by atoms with E-state index in [0.717, 1.165) is 26.2 Å². The van der Waals surface area contributed by atoms with Crippen LogP contribution in [0.3, 0.4) is 0 Å². The van der Waals surface area contributed by atoms with Crippen LogP contribution in [-0.2, 0) is 6.54 Å². The second-order valence-electron chi connectivity index (χ2n) is 5.03. The zero-order valence-electron chi connectivity index (χ0n) is 12.0. The fourth-order valence-corrected chi connectivity index (χ4v) is 2.01. The summed E-state index contributed by atoms with van der Waals surface area (Å²) in [5.41, 5.74) is 4.01. The van der Waals surface area contributed by atoms with Crippen molar-refractivity contribution in [2.45, 2.75) is 26.8 Å². The molecule has 0 radical (unpaired) electrons. The van der Waals surface area contributed by atoms with E-state index in [1.54, 1.807) is 0 Å². The second-order valence-corrected chi connectivity index (χ2v) is 5.03. The van der Waals surface area contributed by atoms with Crippen molar-refractivity contribution >= 4 is 0 Å². The first-order valence-corrected chi connectivity index (χ1v) is 6.74. The predicted octanol–water partition coefficient (Wildman–Crippen LogP) is 2.98. The predicted molar refractivity (Wildman–Crippen MR) is 79.8 cm³/mol. The average Bonchev–Trinajstić information content (AvgIpc) is 2.32. The highest BCUT2D eigenvalue weighted by molar-refractivity contribution is 5.25. The summed E-state index contributed by atoms with van der Waals surface area (Å²) >= 11 is 0. The number of hydrogen-bond donors (Lipinski definition) is 1. The standard InChI is InChI=1S/C16H26N2/c1-5-10-17-11-14(2)12-18(4)13-16-9-7-6-8-15(16)3/h6-9,17H,2,5,10-13H2,1,3-4H3. The highest BCUT2D eigenvalue weighted by Gasteiger charge is 2.04. The molecule has 0 fully saturated rings. The maximum atomic E-state index is 4.13. The normalized spacial score (nSPS) is 10.9. The van der Waals surface area contributed by atoms with Crippen LogP contribution in [0.5, 0.6) is 0 Å². The van der Waals surface area contributed by atoms with Gasteiger partial charge < -0.3 is 5.32 Å². The van der Waals surface area contributed by atoms with Crippen LogP contribution in [0.4, 0.5) is 0 Å². The van der Waals surface area contributed by atoms with E-state index in [-0.39, 0.29) is 0 Å². The monoisotopic (exact) mass is 246 g/mol. The fraction of sp³-hybridized carbons (Fsp3) is 0.500. The van der Waals surface area contributed by atoms with Gasteiger partial charge in [-0.2, -0.15) is 0 Å². The van der Waals surface area contributed by atoms with Gasteiger partial charge in [0.2, 0.25) is 0 Å². The van der Waals surface area contributed by atoms with E-state index >= 15 is 0 Å². The van der Waals surface area contributed by atoms with Crippen LogP contribution in [0.15, 0.2) is 36.4 Å². The fourth-order valence-electron chi connectivity index (χ4n) is 2.01. The molecule has 0 aromatic heterocycles. The minimum atomic E-state index is 0.923. The SMILES string of the molecule is C=C(CNCCC)CN(C)Cc1ccccc1C. The van der Waals surface area contributed by atoms with Gasteiger partial charge in [0.25, 0.3) is 0 Å². The summed E-state index contributed by atoms with van der Waals surface area (Å²) in [7, 11) is 2.15. The molecule has 1 aromatic rings. The Morgan fingerprint density at radius 3 is 2.72 bits per heavy atom. The van der Waals surface area contributed by atoms with E-state index in [0.29, 0.717) is 0 Å². The topological polar surface area (TPSA) is 15.3 Å². The van der Waals surface area contributed by atoms with Gasteiger partial charge in [-0.1, -0.05) is 37.8 Å².